The van der Waals surface area contributed by atoms with E-state index in [1.54, 1.807) is 32.4 Å². The van der Waals surface area contributed by atoms with Crippen LogP contribution in [0.3, 0.4) is 0 Å². The van der Waals surface area contributed by atoms with Crippen molar-refractivity contribution in [3.05, 3.63) is 53.6 Å². The van der Waals surface area contributed by atoms with Crippen molar-refractivity contribution in [2.75, 3.05) is 14.2 Å². The van der Waals surface area contributed by atoms with Crippen LogP contribution >= 0.6 is 0 Å². The minimum Gasteiger partial charge on any atom is -0.478 e. The number of hydrogen-bond donors (Lipinski definition) is 1. The van der Waals surface area contributed by atoms with E-state index in [0.717, 1.165) is 6.42 Å². The lowest BCUT2D eigenvalue weighted by molar-refractivity contribution is -0.218. The molecule has 1 aromatic carbocycles. The van der Waals surface area contributed by atoms with Gasteiger partial charge in [-0.3, -0.25) is 9.63 Å². The number of carbonyl (C=O) groups excluding carboxylic acids is 1. The van der Waals surface area contributed by atoms with Crippen molar-refractivity contribution in [1.82, 2.24) is 5.06 Å². The number of hydroxylamine groups is 2. The van der Waals surface area contributed by atoms with Crippen LogP contribution in [0.1, 0.15) is 115 Å². The van der Waals surface area contributed by atoms with Gasteiger partial charge >= 0.3 is 5.97 Å². The standard InChI is InChI=1S/C38H53NO4/c1-34(2)27(25-10-12-26(13-11-25)33(41)42)16-20-35(3)30(34)17-21-37(5)31(35)15-14-28-29-9-8-19-38(29,24-23-36(28,37)4)22-18-32(40)39(6)43-7/h10-13,16,18,22,28-31H,8-9,14-15,17,19-21,23-24H2,1-7H3,(H,41,42)/b22-18+/t28-,29-,30?,31?,35+,36-,37-,38+/m1/s1. The first-order valence-corrected chi connectivity index (χ1v) is 16.8. The Hall–Kier alpha value is -2.40. The largest absolute Gasteiger partial charge is 0.478 e. The molecule has 0 aromatic heterocycles. The number of fused-ring (bicyclic) bond motifs is 7. The minimum atomic E-state index is -0.868. The summed E-state index contributed by atoms with van der Waals surface area (Å²) in [5.74, 6) is 1.72. The van der Waals surface area contributed by atoms with Crippen LogP contribution in [0.4, 0.5) is 0 Å². The maximum absolute atomic E-state index is 12.6. The predicted molar refractivity (Wildman–Crippen MR) is 171 cm³/mol. The summed E-state index contributed by atoms with van der Waals surface area (Å²) in [5, 5.41) is 10.7. The molecule has 1 N–H and O–H groups in total. The Morgan fingerprint density at radius 3 is 2.28 bits per heavy atom. The zero-order valence-corrected chi connectivity index (χ0v) is 27.5. The third kappa shape index (κ3) is 4.34. The molecule has 0 spiro atoms. The third-order valence-electron chi connectivity index (χ3n) is 14.6. The maximum Gasteiger partial charge on any atom is 0.335 e. The molecule has 0 heterocycles. The van der Waals surface area contributed by atoms with E-state index >= 15 is 0 Å². The predicted octanol–water partition coefficient (Wildman–Crippen LogP) is 8.81. The maximum atomic E-state index is 12.6. The van der Waals surface area contributed by atoms with Gasteiger partial charge < -0.3 is 5.11 Å². The van der Waals surface area contributed by atoms with Crippen molar-refractivity contribution < 1.29 is 19.5 Å². The molecule has 43 heavy (non-hydrogen) atoms. The summed E-state index contributed by atoms with van der Waals surface area (Å²) in [5.41, 5.74) is 3.95. The van der Waals surface area contributed by atoms with Gasteiger partial charge in [0.05, 0.1) is 12.7 Å². The van der Waals surface area contributed by atoms with Crippen LogP contribution in [0.25, 0.3) is 5.57 Å². The summed E-state index contributed by atoms with van der Waals surface area (Å²) in [6.07, 6.45) is 19.1. The first kappa shape index (κ1) is 30.6. The number of carboxylic acids is 1. The number of rotatable bonds is 5. The van der Waals surface area contributed by atoms with Gasteiger partial charge in [0.2, 0.25) is 0 Å². The molecule has 1 amide bonds. The lowest BCUT2D eigenvalue weighted by atomic mass is 9.32. The first-order valence-electron chi connectivity index (χ1n) is 16.8. The van der Waals surface area contributed by atoms with Crippen LogP contribution in [-0.4, -0.2) is 36.2 Å². The van der Waals surface area contributed by atoms with E-state index in [9.17, 15) is 14.7 Å². The van der Waals surface area contributed by atoms with Crippen molar-refractivity contribution in [3.63, 3.8) is 0 Å². The van der Waals surface area contributed by atoms with Gasteiger partial charge in [0.15, 0.2) is 0 Å². The number of carbonyl (C=O) groups is 2. The third-order valence-corrected chi connectivity index (χ3v) is 14.6. The van der Waals surface area contributed by atoms with E-state index in [1.165, 1.54) is 74.0 Å². The highest BCUT2D eigenvalue weighted by atomic mass is 16.7. The quantitative estimate of drug-likeness (QED) is 0.276. The van der Waals surface area contributed by atoms with Crippen LogP contribution in [0.2, 0.25) is 0 Å². The molecule has 0 bridgehead atoms. The molecule has 1 aromatic rings. The lowest BCUT2D eigenvalue weighted by Gasteiger charge is -2.72. The number of amides is 1. The minimum absolute atomic E-state index is 0.0245. The molecule has 4 saturated carbocycles. The zero-order valence-electron chi connectivity index (χ0n) is 27.5. The van der Waals surface area contributed by atoms with Gasteiger partial charge in [0, 0.05) is 13.1 Å². The van der Waals surface area contributed by atoms with Crippen molar-refractivity contribution >= 4 is 17.4 Å². The Bertz CT molecular complexity index is 1340. The molecule has 4 fully saturated rings. The Morgan fingerprint density at radius 1 is 0.884 bits per heavy atom. The molecule has 8 atom stereocenters. The number of likely N-dealkylation sites (N-methyl/N-ethyl adjacent to an activating group) is 1. The average molecular weight is 588 g/mol. The molecule has 0 saturated heterocycles. The highest BCUT2D eigenvalue weighted by Gasteiger charge is 2.69. The molecule has 234 valence electrons. The number of allylic oxidation sites excluding steroid dienone is 3. The fraction of sp³-hybridized carbons (Fsp3) is 0.684. The molecule has 0 aliphatic heterocycles. The van der Waals surface area contributed by atoms with Crippen LogP contribution in [-0.2, 0) is 9.63 Å². The first-order chi connectivity index (χ1) is 20.2. The van der Waals surface area contributed by atoms with E-state index in [1.807, 2.05) is 12.1 Å². The molecule has 5 aliphatic carbocycles. The van der Waals surface area contributed by atoms with Gasteiger partial charge in [0.1, 0.15) is 0 Å². The molecule has 5 nitrogen and oxygen atoms in total. The van der Waals surface area contributed by atoms with E-state index < -0.39 is 5.97 Å². The monoisotopic (exact) mass is 587 g/mol. The Kier molecular flexibility index (Phi) is 7.35. The summed E-state index contributed by atoms with van der Waals surface area (Å²) in [7, 11) is 3.23. The second kappa shape index (κ2) is 10.3. The summed E-state index contributed by atoms with van der Waals surface area (Å²) in [6, 6.07) is 7.55. The molecule has 2 unspecified atom stereocenters. The van der Waals surface area contributed by atoms with Crippen molar-refractivity contribution in [2.24, 2.45) is 50.7 Å². The average Bonchev–Trinajstić information content (AvgIpc) is 3.40. The van der Waals surface area contributed by atoms with Gasteiger partial charge in [-0.1, -0.05) is 65.3 Å². The summed E-state index contributed by atoms with van der Waals surface area (Å²) in [4.78, 5) is 29.3. The van der Waals surface area contributed by atoms with Gasteiger partial charge in [-0.2, -0.15) is 0 Å². The van der Waals surface area contributed by atoms with Crippen LogP contribution in [0.15, 0.2) is 42.5 Å². The summed E-state index contributed by atoms with van der Waals surface area (Å²) < 4.78 is 0. The highest BCUT2D eigenvalue weighted by Crippen LogP contribution is 2.77. The van der Waals surface area contributed by atoms with Crippen LogP contribution < -0.4 is 0 Å². The summed E-state index contributed by atoms with van der Waals surface area (Å²) in [6.45, 7) is 12.9. The second-order valence-corrected chi connectivity index (χ2v) is 16.2. The Balaban J connectivity index is 1.30. The number of hydrogen-bond acceptors (Lipinski definition) is 3. The zero-order chi connectivity index (χ0) is 31.0. The number of nitrogens with zero attached hydrogens (tertiary/aromatic N) is 1. The molecule has 0 radical (unpaired) electrons. The van der Waals surface area contributed by atoms with Crippen molar-refractivity contribution in [1.29, 1.82) is 0 Å². The van der Waals surface area contributed by atoms with Crippen molar-refractivity contribution in [3.8, 4) is 0 Å². The van der Waals surface area contributed by atoms with Gasteiger partial charge in [0.25, 0.3) is 5.91 Å². The Morgan fingerprint density at radius 2 is 1.60 bits per heavy atom. The van der Waals surface area contributed by atoms with Gasteiger partial charge in [-0.15, -0.1) is 0 Å². The molecule has 6 rings (SSSR count). The normalized spacial score (nSPS) is 41.4. The highest BCUT2D eigenvalue weighted by molar-refractivity contribution is 5.88. The Labute approximate surface area is 259 Å². The smallest absolute Gasteiger partial charge is 0.335 e. The van der Waals surface area contributed by atoms with E-state index in [-0.39, 0.29) is 22.2 Å². The molecule has 5 aliphatic rings. The van der Waals surface area contributed by atoms with Gasteiger partial charge in [-0.25, -0.2) is 9.86 Å². The van der Waals surface area contributed by atoms with Crippen molar-refractivity contribution in [2.45, 2.75) is 98.8 Å². The lowest BCUT2D eigenvalue weighted by Crippen LogP contribution is -2.64. The van der Waals surface area contributed by atoms with Crippen LogP contribution in [0.5, 0.6) is 0 Å². The van der Waals surface area contributed by atoms with E-state index in [4.69, 9.17) is 4.84 Å². The number of benzene rings is 1. The fourth-order valence-corrected chi connectivity index (χ4v) is 12.2. The van der Waals surface area contributed by atoms with Crippen LogP contribution in [0, 0.1) is 50.7 Å². The molecular formula is C38H53NO4. The van der Waals surface area contributed by atoms with E-state index in [2.05, 4.69) is 46.8 Å². The fourth-order valence-electron chi connectivity index (χ4n) is 12.2. The molecule has 5 heteroatoms. The topological polar surface area (TPSA) is 66.8 Å². The number of aromatic carboxylic acids is 1. The SMILES string of the molecule is CON(C)C(=O)/C=C/[C@]12CCC[C@@H]1[C@H]1CCC3[C@@]4(C)CC=C(c5ccc(C(=O)O)cc5)C(C)(C)C4CC[C@@]3(C)[C@]1(C)CC2. The van der Waals surface area contributed by atoms with Gasteiger partial charge in [-0.05, 0) is 132 Å². The van der Waals surface area contributed by atoms with E-state index in [0.29, 0.717) is 40.1 Å². The molecular weight excluding hydrogens is 534 g/mol. The number of carboxylic acid groups (broad SMARTS) is 1. The summed E-state index contributed by atoms with van der Waals surface area (Å²) >= 11 is 0. The second-order valence-electron chi connectivity index (χ2n) is 16.2.